The van der Waals surface area contributed by atoms with Crippen molar-refractivity contribution in [1.29, 1.82) is 0 Å². The van der Waals surface area contributed by atoms with E-state index in [1.54, 1.807) is 11.3 Å². The molecule has 0 radical (unpaired) electrons. The molecule has 0 aliphatic heterocycles. The predicted octanol–water partition coefficient (Wildman–Crippen LogP) is 2.93. The van der Waals surface area contributed by atoms with Crippen molar-refractivity contribution in [2.45, 2.75) is 26.7 Å². The van der Waals surface area contributed by atoms with Gasteiger partial charge in [-0.25, -0.2) is 4.98 Å². The van der Waals surface area contributed by atoms with Crippen LogP contribution in [0, 0.1) is 6.92 Å². The van der Waals surface area contributed by atoms with Crippen LogP contribution in [0.2, 0.25) is 0 Å². The molecule has 0 saturated heterocycles. The Bertz CT molecular complexity index is 291. The van der Waals surface area contributed by atoms with E-state index < -0.39 is 0 Å². The summed E-state index contributed by atoms with van der Waals surface area (Å²) in [4.78, 5) is 5.32. The minimum atomic E-state index is 0.0751. The Hall–Kier alpha value is -0.830. The van der Waals surface area contributed by atoms with E-state index >= 15 is 0 Å². The number of aliphatic hydroxyl groups excluding tert-OH is 1. The Morgan fingerprint density at radius 3 is 2.75 bits per heavy atom. The molecule has 3 heteroatoms. The number of hydrogen-bond donors (Lipinski definition) is 1. The van der Waals surface area contributed by atoms with Crippen molar-refractivity contribution in [2.75, 3.05) is 0 Å². The minimum absolute atomic E-state index is 0.0751. The van der Waals surface area contributed by atoms with Gasteiger partial charge in [0.2, 0.25) is 0 Å². The Labute approximate surface area is 76.6 Å². The minimum Gasteiger partial charge on any atom is -0.506 e. The Kier molecular flexibility index (Phi) is 2.87. The Morgan fingerprint density at radius 2 is 2.33 bits per heavy atom. The molecule has 1 aromatic rings. The second-order valence-electron chi connectivity index (χ2n) is 2.71. The molecule has 0 fully saturated rings. The summed E-state index contributed by atoms with van der Waals surface area (Å²) in [5, 5.41) is 10.2. The van der Waals surface area contributed by atoms with Crippen LogP contribution < -0.4 is 0 Å². The summed E-state index contributed by atoms with van der Waals surface area (Å²) in [6.07, 6.45) is 2.07. The molecular weight excluding hydrogens is 170 g/mol. The molecule has 0 unspecified atom stereocenters. The third-order valence-electron chi connectivity index (χ3n) is 1.58. The second kappa shape index (κ2) is 3.72. The number of thiazole rings is 1. The lowest BCUT2D eigenvalue weighted by molar-refractivity contribution is 0.510. The van der Waals surface area contributed by atoms with Gasteiger partial charge in [0.1, 0.15) is 11.5 Å². The SMILES string of the molecule is C=C(O)c1nc(CCC)sc1C. The summed E-state index contributed by atoms with van der Waals surface area (Å²) >= 11 is 1.64. The summed E-state index contributed by atoms with van der Waals surface area (Å²) < 4.78 is 0. The second-order valence-corrected chi connectivity index (χ2v) is 4.00. The normalized spacial score (nSPS) is 10.2. The van der Waals surface area contributed by atoms with Crippen LogP contribution in [0.3, 0.4) is 0 Å². The lowest BCUT2D eigenvalue weighted by Crippen LogP contribution is -1.85. The number of aryl methyl sites for hydroxylation is 2. The van der Waals surface area contributed by atoms with E-state index in [4.69, 9.17) is 5.11 Å². The Balaban J connectivity index is 2.92. The largest absolute Gasteiger partial charge is 0.506 e. The zero-order chi connectivity index (χ0) is 9.14. The van der Waals surface area contributed by atoms with E-state index in [0.29, 0.717) is 5.69 Å². The van der Waals surface area contributed by atoms with E-state index in [1.165, 1.54) is 0 Å². The summed E-state index contributed by atoms with van der Waals surface area (Å²) in [6.45, 7) is 7.53. The first-order chi connectivity index (χ1) is 5.65. The third kappa shape index (κ3) is 1.85. The van der Waals surface area contributed by atoms with Crippen LogP contribution in [-0.2, 0) is 6.42 Å². The molecule has 0 spiro atoms. The van der Waals surface area contributed by atoms with Crippen LogP contribution in [0.4, 0.5) is 0 Å². The van der Waals surface area contributed by atoms with E-state index in [-0.39, 0.29) is 5.76 Å². The van der Waals surface area contributed by atoms with E-state index in [0.717, 1.165) is 22.7 Å². The molecular formula is C9H13NOS. The quantitative estimate of drug-likeness (QED) is 0.731. The van der Waals surface area contributed by atoms with Crippen molar-refractivity contribution in [3.8, 4) is 0 Å². The number of aliphatic hydroxyl groups is 1. The van der Waals surface area contributed by atoms with Gasteiger partial charge >= 0.3 is 0 Å². The molecule has 0 aliphatic carbocycles. The first-order valence-corrected chi connectivity index (χ1v) is 4.81. The van der Waals surface area contributed by atoms with Gasteiger partial charge in [0, 0.05) is 4.88 Å². The third-order valence-corrected chi connectivity index (χ3v) is 2.61. The van der Waals surface area contributed by atoms with Crippen LogP contribution >= 0.6 is 11.3 Å². The molecule has 12 heavy (non-hydrogen) atoms. The molecule has 1 aromatic heterocycles. The molecule has 1 heterocycles. The topological polar surface area (TPSA) is 33.1 Å². The highest BCUT2D eigenvalue weighted by atomic mass is 32.1. The van der Waals surface area contributed by atoms with Gasteiger partial charge in [0.15, 0.2) is 0 Å². The highest BCUT2D eigenvalue weighted by Crippen LogP contribution is 2.22. The summed E-state index contributed by atoms with van der Waals surface area (Å²) in [5.41, 5.74) is 0.656. The molecule has 1 N–H and O–H groups in total. The fourth-order valence-corrected chi connectivity index (χ4v) is 2.10. The van der Waals surface area contributed by atoms with Crippen molar-refractivity contribution in [3.63, 3.8) is 0 Å². The van der Waals surface area contributed by atoms with Gasteiger partial charge in [0.25, 0.3) is 0 Å². The van der Waals surface area contributed by atoms with E-state index in [1.807, 2.05) is 6.92 Å². The molecule has 0 atom stereocenters. The molecule has 66 valence electrons. The van der Waals surface area contributed by atoms with Crippen LogP contribution in [-0.4, -0.2) is 10.1 Å². The maximum atomic E-state index is 9.14. The van der Waals surface area contributed by atoms with E-state index in [2.05, 4.69) is 18.5 Å². The molecule has 0 bridgehead atoms. The molecule has 0 aromatic carbocycles. The molecule has 0 saturated carbocycles. The monoisotopic (exact) mass is 183 g/mol. The number of nitrogens with zero attached hydrogens (tertiary/aromatic N) is 1. The summed E-state index contributed by atoms with van der Waals surface area (Å²) in [5.74, 6) is 0.0751. The van der Waals surface area contributed by atoms with Crippen molar-refractivity contribution >= 4 is 17.1 Å². The van der Waals surface area contributed by atoms with Crippen molar-refractivity contribution in [3.05, 3.63) is 22.2 Å². The van der Waals surface area contributed by atoms with Crippen molar-refractivity contribution < 1.29 is 5.11 Å². The average molecular weight is 183 g/mol. The number of hydrogen-bond acceptors (Lipinski definition) is 3. The van der Waals surface area contributed by atoms with Crippen LogP contribution in [0.5, 0.6) is 0 Å². The highest BCUT2D eigenvalue weighted by Gasteiger charge is 2.08. The maximum Gasteiger partial charge on any atom is 0.135 e. The van der Waals surface area contributed by atoms with Gasteiger partial charge < -0.3 is 5.11 Å². The molecule has 0 amide bonds. The molecule has 1 rings (SSSR count). The van der Waals surface area contributed by atoms with Gasteiger partial charge in [-0.1, -0.05) is 13.5 Å². The van der Waals surface area contributed by atoms with Crippen molar-refractivity contribution in [2.24, 2.45) is 0 Å². The summed E-state index contributed by atoms with van der Waals surface area (Å²) in [6, 6.07) is 0. The fraction of sp³-hybridized carbons (Fsp3) is 0.444. The smallest absolute Gasteiger partial charge is 0.135 e. The van der Waals surface area contributed by atoms with Crippen molar-refractivity contribution in [1.82, 2.24) is 4.98 Å². The Morgan fingerprint density at radius 1 is 1.67 bits per heavy atom. The van der Waals surface area contributed by atoms with Crippen LogP contribution in [0.1, 0.15) is 28.9 Å². The molecule has 2 nitrogen and oxygen atoms in total. The number of aromatic nitrogens is 1. The van der Waals surface area contributed by atoms with E-state index in [9.17, 15) is 0 Å². The standard InChI is InChI=1S/C9H13NOS/c1-4-5-8-10-9(6(2)11)7(3)12-8/h11H,2,4-5H2,1,3H3. The highest BCUT2D eigenvalue weighted by molar-refractivity contribution is 7.11. The van der Waals surface area contributed by atoms with Gasteiger partial charge in [-0.15, -0.1) is 11.3 Å². The van der Waals surface area contributed by atoms with Gasteiger partial charge in [-0.3, -0.25) is 0 Å². The molecule has 0 aliphatic rings. The lowest BCUT2D eigenvalue weighted by atomic mass is 10.3. The first kappa shape index (κ1) is 9.26. The first-order valence-electron chi connectivity index (χ1n) is 3.99. The van der Waals surface area contributed by atoms with Crippen LogP contribution in [0.25, 0.3) is 5.76 Å². The zero-order valence-corrected chi connectivity index (χ0v) is 8.24. The van der Waals surface area contributed by atoms with Gasteiger partial charge in [0.05, 0.1) is 5.01 Å². The maximum absolute atomic E-state index is 9.14. The summed E-state index contributed by atoms with van der Waals surface area (Å²) in [7, 11) is 0. The fourth-order valence-electron chi connectivity index (χ4n) is 1.04. The lowest BCUT2D eigenvalue weighted by Gasteiger charge is -1.91. The number of rotatable bonds is 3. The van der Waals surface area contributed by atoms with Gasteiger partial charge in [-0.05, 0) is 19.8 Å². The predicted molar refractivity (Wildman–Crippen MR) is 52.5 cm³/mol. The van der Waals surface area contributed by atoms with Crippen LogP contribution in [0.15, 0.2) is 6.58 Å². The average Bonchev–Trinajstić information content (AvgIpc) is 2.32. The zero-order valence-electron chi connectivity index (χ0n) is 7.42. The van der Waals surface area contributed by atoms with Gasteiger partial charge in [-0.2, -0.15) is 0 Å².